The van der Waals surface area contributed by atoms with Crippen molar-refractivity contribution in [2.24, 2.45) is 0 Å². The van der Waals surface area contributed by atoms with Crippen LogP contribution in [0.4, 0.5) is 5.69 Å². The number of thioether (sulfide) groups is 1. The van der Waals surface area contributed by atoms with Crippen LogP contribution in [0, 0.1) is 0 Å². The summed E-state index contributed by atoms with van der Waals surface area (Å²) in [5, 5.41) is 4.62. The maximum absolute atomic E-state index is 12.9. The van der Waals surface area contributed by atoms with Gasteiger partial charge in [0, 0.05) is 36.4 Å². The lowest BCUT2D eigenvalue weighted by atomic mass is 10.1. The lowest BCUT2D eigenvalue weighted by Gasteiger charge is -2.18. The molecule has 156 valence electrons. The molecule has 30 heavy (non-hydrogen) atoms. The van der Waals surface area contributed by atoms with Crippen LogP contribution in [-0.4, -0.2) is 33.2 Å². The van der Waals surface area contributed by atoms with E-state index in [-0.39, 0.29) is 5.91 Å². The zero-order chi connectivity index (χ0) is 21.0. The number of nitrogens with one attached hydrogen (secondary N) is 1. The Morgan fingerprint density at radius 1 is 0.967 bits per heavy atom. The monoisotopic (exact) mass is 440 g/mol. The highest BCUT2D eigenvalue weighted by Gasteiger charge is 2.34. The largest absolute Gasteiger partial charge is 0.355 e. The lowest BCUT2D eigenvalue weighted by Crippen LogP contribution is -2.30. The number of hydrogen-bond donors (Lipinski definition) is 1. The van der Waals surface area contributed by atoms with E-state index >= 15 is 0 Å². The van der Waals surface area contributed by atoms with Gasteiger partial charge in [0.1, 0.15) is 0 Å². The molecule has 1 aliphatic heterocycles. The van der Waals surface area contributed by atoms with Crippen LogP contribution >= 0.6 is 11.8 Å². The number of anilines is 1. The van der Waals surface area contributed by atoms with Crippen molar-refractivity contribution in [2.75, 3.05) is 23.1 Å². The third kappa shape index (κ3) is 4.32. The molecule has 1 amide bonds. The number of benzene rings is 3. The van der Waals surface area contributed by atoms with E-state index < -0.39 is 10.0 Å². The van der Waals surface area contributed by atoms with E-state index in [0.717, 1.165) is 22.3 Å². The zero-order valence-electron chi connectivity index (χ0n) is 16.6. The Morgan fingerprint density at radius 3 is 2.53 bits per heavy atom. The van der Waals surface area contributed by atoms with Gasteiger partial charge in [0.2, 0.25) is 5.91 Å². The van der Waals surface area contributed by atoms with E-state index in [0.29, 0.717) is 36.5 Å². The summed E-state index contributed by atoms with van der Waals surface area (Å²) >= 11 is 1.78. The van der Waals surface area contributed by atoms with Crippen LogP contribution in [0.1, 0.15) is 18.4 Å². The molecule has 0 fully saturated rings. The molecule has 4 rings (SSSR count). The molecule has 7 heteroatoms. The summed E-state index contributed by atoms with van der Waals surface area (Å²) in [6, 6.07) is 21.2. The summed E-state index contributed by atoms with van der Waals surface area (Å²) in [4.78, 5) is 12.5. The maximum Gasteiger partial charge on any atom is 0.265 e. The summed E-state index contributed by atoms with van der Waals surface area (Å²) in [6.07, 6.45) is 0.786. The van der Waals surface area contributed by atoms with Gasteiger partial charge in [-0.25, -0.2) is 8.42 Å². The van der Waals surface area contributed by atoms with Gasteiger partial charge >= 0.3 is 0 Å². The van der Waals surface area contributed by atoms with E-state index in [1.165, 1.54) is 9.87 Å². The Bertz CT molecular complexity index is 1140. The first-order valence-corrected chi connectivity index (χ1v) is 12.6. The average Bonchev–Trinajstić information content (AvgIpc) is 2.97. The molecule has 3 aromatic rings. The van der Waals surface area contributed by atoms with Crippen molar-refractivity contribution in [3.8, 4) is 0 Å². The summed E-state index contributed by atoms with van der Waals surface area (Å²) in [6.45, 7) is 0.912. The predicted molar refractivity (Wildman–Crippen MR) is 123 cm³/mol. The molecule has 0 spiro atoms. The Hall–Kier alpha value is -2.51. The number of carbonyl (C=O) groups excluding carboxylic acids is 1. The predicted octanol–water partition coefficient (Wildman–Crippen LogP) is 4.18. The lowest BCUT2D eigenvalue weighted by molar-refractivity contribution is -0.121. The van der Waals surface area contributed by atoms with Crippen molar-refractivity contribution in [1.29, 1.82) is 0 Å². The second-order valence-electron chi connectivity index (χ2n) is 7.20. The molecule has 0 bridgehead atoms. The Labute approximate surface area is 181 Å². The SMILES string of the molecule is O=C(CCCN1c2cccc3cccc(c23)S1(=O)=O)NCCSCc1ccccc1. The normalized spacial score (nSPS) is 14.2. The number of carbonyl (C=O) groups is 1. The highest BCUT2D eigenvalue weighted by atomic mass is 32.2. The van der Waals surface area contributed by atoms with Crippen molar-refractivity contribution < 1.29 is 13.2 Å². The minimum absolute atomic E-state index is 0.0392. The molecular formula is C23H24N2O3S2. The second-order valence-corrected chi connectivity index (χ2v) is 10.1. The highest BCUT2D eigenvalue weighted by Crippen LogP contribution is 2.41. The van der Waals surface area contributed by atoms with Crippen LogP contribution in [0.25, 0.3) is 10.8 Å². The van der Waals surface area contributed by atoms with Gasteiger partial charge in [0.25, 0.3) is 10.0 Å². The second kappa shape index (κ2) is 9.10. The third-order valence-electron chi connectivity index (χ3n) is 5.13. The van der Waals surface area contributed by atoms with Gasteiger partial charge in [-0.1, -0.05) is 54.6 Å². The molecular weight excluding hydrogens is 416 g/mol. The van der Waals surface area contributed by atoms with Gasteiger partial charge in [0.05, 0.1) is 10.6 Å². The van der Waals surface area contributed by atoms with Gasteiger partial charge in [-0.2, -0.15) is 11.8 Å². The van der Waals surface area contributed by atoms with Crippen LogP contribution in [0.3, 0.4) is 0 Å². The van der Waals surface area contributed by atoms with Gasteiger partial charge in [-0.15, -0.1) is 0 Å². The van der Waals surface area contributed by atoms with E-state index in [4.69, 9.17) is 0 Å². The van der Waals surface area contributed by atoms with Crippen molar-refractivity contribution >= 4 is 44.2 Å². The minimum Gasteiger partial charge on any atom is -0.355 e. The maximum atomic E-state index is 12.9. The number of rotatable bonds is 9. The Morgan fingerprint density at radius 2 is 1.73 bits per heavy atom. The first kappa shape index (κ1) is 20.8. The summed E-state index contributed by atoms with van der Waals surface area (Å²) in [5.74, 6) is 1.73. The Kier molecular flexibility index (Phi) is 6.29. The quantitative estimate of drug-likeness (QED) is 0.507. The van der Waals surface area contributed by atoms with Crippen molar-refractivity contribution in [2.45, 2.75) is 23.5 Å². The molecule has 0 saturated heterocycles. The fourth-order valence-corrected chi connectivity index (χ4v) is 6.27. The summed E-state index contributed by atoms with van der Waals surface area (Å²) in [5.41, 5.74) is 1.98. The van der Waals surface area contributed by atoms with Crippen molar-refractivity contribution in [3.63, 3.8) is 0 Å². The molecule has 5 nitrogen and oxygen atoms in total. The topological polar surface area (TPSA) is 66.5 Å². The summed E-state index contributed by atoms with van der Waals surface area (Å²) < 4.78 is 27.3. The summed E-state index contributed by atoms with van der Waals surface area (Å²) in [7, 11) is -3.55. The molecule has 0 unspecified atom stereocenters. The molecule has 0 radical (unpaired) electrons. The van der Waals surface area contributed by atoms with E-state index in [2.05, 4.69) is 17.4 Å². The molecule has 0 atom stereocenters. The molecule has 3 aromatic carbocycles. The first-order chi connectivity index (χ1) is 14.6. The van der Waals surface area contributed by atoms with E-state index in [1.54, 1.807) is 23.9 Å². The zero-order valence-corrected chi connectivity index (χ0v) is 18.2. The number of hydrogen-bond acceptors (Lipinski definition) is 4. The highest BCUT2D eigenvalue weighted by molar-refractivity contribution is 7.98. The fraction of sp³-hybridized carbons (Fsp3) is 0.261. The van der Waals surface area contributed by atoms with Crippen LogP contribution in [-0.2, 0) is 20.6 Å². The van der Waals surface area contributed by atoms with Crippen molar-refractivity contribution in [3.05, 3.63) is 72.3 Å². The van der Waals surface area contributed by atoms with Gasteiger partial charge in [-0.05, 0) is 29.5 Å². The van der Waals surface area contributed by atoms with Gasteiger partial charge in [0.15, 0.2) is 0 Å². The molecule has 1 N–H and O–H groups in total. The molecule has 0 aromatic heterocycles. The molecule has 1 heterocycles. The van der Waals surface area contributed by atoms with E-state index in [9.17, 15) is 13.2 Å². The minimum atomic E-state index is -3.55. The molecule has 0 saturated carbocycles. The van der Waals surface area contributed by atoms with Crippen LogP contribution in [0.5, 0.6) is 0 Å². The van der Waals surface area contributed by atoms with Gasteiger partial charge in [-0.3, -0.25) is 9.10 Å². The standard InChI is InChI=1S/C23H24N2O3S2/c26-22(24-14-16-29-17-18-7-2-1-3-8-18)13-6-15-25-20-11-4-9-19-10-5-12-21(23(19)20)30(25,27)28/h1-5,7-12H,6,13-17H2,(H,24,26). The average molecular weight is 441 g/mol. The van der Waals surface area contributed by atoms with Crippen LogP contribution in [0.15, 0.2) is 71.6 Å². The third-order valence-corrected chi connectivity index (χ3v) is 8.01. The number of nitrogens with zero attached hydrogens (tertiary/aromatic N) is 1. The number of sulfonamides is 1. The fourth-order valence-electron chi connectivity index (χ4n) is 3.70. The van der Waals surface area contributed by atoms with Crippen LogP contribution < -0.4 is 9.62 Å². The first-order valence-electron chi connectivity index (χ1n) is 10.0. The van der Waals surface area contributed by atoms with Crippen LogP contribution in [0.2, 0.25) is 0 Å². The Balaban J connectivity index is 1.24. The van der Waals surface area contributed by atoms with E-state index in [1.807, 2.05) is 42.5 Å². The van der Waals surface area contributed by atoms with Crippen molar-refractivity contribution in [1.82, 2.24) is 5.32 Å². The molecule has 1 aliphatic rings. The smallest absolute Gasteiger partial charge is 0.265 e. The van der Waals surface area contributed by atoms with Gasteiger partial charge < -0.3 is 5.32 Å². The molecule has 0 aliphatic carbocycles. The number of amides is 1.